The highest BCUT2D eigenvalue weighted by Gasteiger charge is 2.69. The third-order valence-corrected chi connectivity index (χ3v) is 15.4. The van der Waals surface area contributed by atoms with Gasteiger partial charge in [0.1, 0.15) is 0 Å². The predicted molar refractivity (Wildman–Crippen MR) is 176 cm³/mol. The fourth-order valence-corrected chi connectivity index (χ4v) is 12.8. The van der Waals surface area contributed by atoms with E-state index in [1.807, 2.05) is 24.4 Å². The summed E-state index contributed by atoms with van der Waals surface area (Å²) in [6.07, 6.45) is 14.1. The van der Waals surface area contributed by atoms with Crippen LogP contribution in [0.25, 0.3) is 0 Å². The summed E-state index contributed by atoms with van der Waals surface area (Å²) in [4.78, 5) is 31.4. The normalized spacial score (nSPS) is 43.4. The van der Waals surface area contributed by atoms with Gasteiger partial charge in [-0.1, -0.05) is 67.0 Å². The van der Waals surface area contributed by atoms with Gasteiger partial charge >= 0.3 is 6.03 Å². The van der Waals surface area contributed by atoms with Gasteiger partial charge in [0.2, 0.25) is 0 Å². The lowest BCUT2D eigenvalue weighted by molar-refractivity contribution is -0.215. The standard InChI is InChI=1S/C39H57N3O2/c1-24(2)31-26(43)23-35(5)18-19-37(7)25(32(31)35)12-13-28-36(6)16-15-29(34(3,4)27(36)14-17-38(28,37)8)41-33(44)42-39(20-21-39)30-11-9-10-22-40-30/h9-11,22,24-25,27-29H,12-21,23H2,1-8H3,(H2,41,42,44)/t25-,27+,28-,29?,35+,36+,37-,38-/m1/s1. The predicted octanol–water partition coefficient (Wildman–Crippen LogP) is 8.74. The fraction of sp³-hybridized carbons (Fsp3) is 0.769. The number of urea groups is 1. The number of aromatic nitrogens is 1. The van der Waals surface area contributed by atoms with Crippen molar-refractivity contribution in [2.75, 3.05) is 0 Å². The Labute approximate surface area is 266 Å². The van der Waals surface area contributed by atoms with E-state index in [0.717, 1.165) is 37.8 Å². The van der Waals surface area contributed by atoms with Crippen LogP contribution in [-0.2, 0) is 10.3 Å². The molecule has 0 radical (unpaired) electrons. The smallest absolute Gasteiger partial charge is 0.315 e. The topological polar surface area (TPSA) is 71.1 Å². The highest BCUT2D eigenvalue weighted by atomic mass is 16.2. The molecule has 5 heteroatoms. The zero-order valence-electron chi connectivity index (χ0n) is 28.7. The summed E-state index contributed by atoms with van der Waals surface area (Å²) in [7, 11) is 0. The van der Waals surface area contributed by atoms with Crippen LogP contribution >= 0.6 is 0 Å². The van der Waals surface area contributed by atoms with Crippen molar-refractivity contribution in [3.8, 4) is 0 Å². The minimum absolute atomic E-state index is 0.0154. The molecule has 6 aliphatic rings. The van der Waals surface area contributed by atoms with Gasteiger partial charge in [-0.25, -0.2) is 4.79 Å². The van der Waals surface area contributed by atoms with Crippen molar-refractivity contribution >= 4 is 11.8 Å². The third kappa shape index (κ3) is 4.05. The Morgan fingerprint density at radius 1 is 0.864 bits per heavy atom. The molecule has 5 saturated carbocycles. The number of nitrogens with zero attached hydrogens (tertiary/aromatic N) is 1. The van der Waals surface area contributed by atoms with Crippen molar-refractivity contribution in [2.45, 2.75) is 138 Å². The van der Waals surface area contributed by atoms with Crippen LogP contribution in [0, 0.1) is 50.7 Å². The van der Waals surface area contributed by atoms with Crippen LogP contribution in [0.1, 0.15) is 132 Å². The number of nitrogens with one attached hydrogen (secondary N) is 2. The van der Waals surface area contributed by atoms with E-state index in [2.05, 4.69) is 71.0 Å². The Morgan fingerprint density at radius 2 is 1.61 bits per heavy atom. The van der Waals surface area contributed by atoms with E-state index in [0.29, 0.717) is 29.5 Å². The Bertz CT molecular complexity index is 1390. The molecule has 0 saturated heterocycles. The molecular weight excluding hydrogens is 542 g/mol. The molecule has 0 spiro atoms. The number of hydrogen-bond acceptors (Lipinski definition) is 3. The number of allylic oxidation sites excluding steroid dienone is 2. The molecule has 0 bridgehead atoms. The number of amides is 2. The second-order valence-electron chi connectivity index (χ2n) is 18.1. The number of ketones is 1. The molecule has 6 aliphatic carbocycles. The molecule has 7 rings (SSSR count). The SMILES string of the molecule is CC(C)C1=C2[C@H]3CC[C@@H]4[C@@]5(C)CCC(NC(=O)NC6(c7ccccn7)CC6)C(C)(C)[C@@H]5CC[C@@]4(C)[C@]3(C)CC[C@@]2(C)CC1=O. The van der Waals surface area contributed by atoms with Gasteiger partial charge in [-0.05, 0) is 133 Å². The summed E-state index contributed by atoms with van der Waals surface area (Å²) in [5, 5.41) is 6.83. The van der Waals surface area contributed by atoms with Crippen molar-refractivity contribution in [2.24, 2.45) is 50.7 Å². The van der Waals surface area contributed by atoms with Crippen LogP contribution in [-0.4, -0.2) is 22.8 Å². The van der Waals surface area contributed by atoms with Gasteiger partial charge in [0, 0.05) is 18.7 Å². The lowest BCUT2D eigenvalue weighted by Crippen LogP contribution is -2.67. The molecule has 5 fully saturated rings. The first-order valence-corrected chi connectivity index (χ1v) is 17.9. The van der Waals surface area contributed by atoms with Crippen molar-refractivity contribution in [1.82, 2.24) is 15.6 Å². The van der Waals surface area contributed by atoms with Crippen molar-refractivity contribution in [3.05, 3.63) is 41.2 Å². The maximum Gasteiger partial charge on any atom is 0.315 e. The van der Waals surface area contributed by atoms with E-state index in [9.17, 15) is 9.59 Å². The van der Waals surface area contributed by atoms with Gasteiger partial charge in [-0.15, -0.1) is 0 Å². The Morgan fingerprint density at radius 3 is 2.27 bits per heavy atom. The van der Waals surface area contributed by atoms with Crippen LogP contribution < -0.4 is 10.6 Å². The molecule has 2 amide bonds. The molecule has 240 valence electrons. The van der Waals surface area contributed by atoms with Crippen LogP contribution in [0.4, 0.5) is 4.79 Å². The minimum Gasteiger partial charge on any atom is -0.335 e. The summed E-state index contributed by atoms with van der Waals surface area (Å²) in [5.41, 5.74) is 4.29. The second kappa shape index (κ2) is 9.67. The van der Waals surface area contributed by atoms with Gasteiger partial charge in [0.25, 0.3) is 0 Å². The molecule has 2 N–H and O–H groups in total. The Hall–Kier alpha value is -2.17. The zero-order chi connectivity index (χ0) is 31.5. The highest BCUT2D eigenvalue weighted by Crippen LogP contribution is 2.76. The summed E-state index contributed by atoms with van der Waals surface area (Å²) < 4.78 is 0. The molecule has 1 heterocycles. The van der Waals surface area contributed by atoms with Gasteiger partial charge in [-0.3, -0.25) is 9.78 Å². The maximum atomic E-state index is 13.5. The van der Waals surface area contributed by atoms with Gasteiger partial charge in [-0.2, -0.15) is 0 Å². The largest absolute Gasteiger partial charge is 0.335 e. The van der Waals surface area contributed by atoms with Crippen LogP contribution in [0.2, 0.25) is 0 Å². The molecule has 5 nitrogen and oxygen atoms in total. The number of hydrogen-bond donors (Lipinski definition) is 2. The van der Waals surface area contributed by atoms with Crippen molar-refractivity contribution in [1.29, 1.82) is 0 Å². The van der Waals surface area contributed by atoms with Gasteiger partial charge in [0.05, 0.1) is 11.2 Å². The monoisotopic (exact) mass is 599 g/mol. The number of carbonyl (C=O) groups is 2. The van der Waals surface area contributed by atoms with Gasteiger partial charge < -0.3 is 10.6 Å². The van der Waals surface area contributed by atoms with Gasteiger partial charge in [0.15, 0.2) is 5.78 Å². The van der Waals surface area contributed by atoms with E-state index < -0.39 is 0 Å². The van der Waals surface area contributed by atoms with Crippen LogP contribution in [0.15, 0.2) is 35.5 Å². The third-order valence-electron chi connectivity index (χ3n) is 15.4. The van der Waals surface area contributed by atoms with E-state index in [1.54, 1.807) is 5.57 Å². The number of Topliss-reactive ketones (excluding diaryl/α,β-unsaturated/α-hetero) is 1. The lowest BCUT2D eigenvalue weighted by atomic mass is 9.33. The fourth-order valence-electron chi connectivity index (χ4n) is 12.8. The van der Waals surface area contributed by atoms with E-state index in [-0.39, 0.29) is 44.7 Å². The number of rotatable bonds is 4. The highest BCUT2D eigenvalue weighted by molar-refractivity contribution is 6.00. The summed E-state index contributed by atoms with van der Waals surface area (Å²) in [5.74, 6) is 2.54. The van der Waals surface area contributed by atoms with E-state index >= 15 is 0 Å². The quantitative estimate of drug-likeness (QED) is 0.364. The number of pyridine rings is 1. The maximum absolute atomic E-state index is 13.5. The van der Waals surface area contributed by atoms with Crippen molar-refractivity contribution in [3.63, 3.8) is 0 Å². The Balaban J connectivity index is 1.13. The average Bonchev–Trinajstić information content (AvgIpc) is 3.67. The average molecular weight is 600 g/mol. The Kier molecular flexibility index (Phi) is 6.70. The van der Waals surface area contributed by atoms with E-state index in [4.69, 9.17) is 0 Å². The molecule has 44 heavy (non-hydrogen) atoms. The number of carbonyl (C=O) groups excluding carboxylic acids is 2. The second-order valence-corrected chi connectivity index (χ2v) is 18.1. The first-order chi connectivity index (χ1) is 20.6. The molecule has 1 unspecified atom stereocenters. The molecule has 0 aromatic carbocycles. The first-order valence-electron chi connectivity index (χ1n) is 17.9. The summed E-state index contributed by atoms with van der Waals surface area (Å²) >= 11 is 0. The minimum atomic E-state index is -0.301. The van der Waals surface area contributed by atoms with Crippen LogP contribution in [0.3, 0.4) is 0 Å². The summed E-state index contributed by atoms with van der Waals surface area (Å²) in [6.45, 7) is 19.7. The molecular formula is C39H57N3O2. The molecule has 1 aromatic heterocycles. The number of fused-ring (bicyclic) bond motifs is 7. The summed E-state index contributed by atoms with van der Waals surface area (Å²) in [6, 6.07) is 6.11. The lowest BCUT2D eigenvalue weighted by Gasteiger charge is -2.72. The van der Waals surface area contributed by atoms with Crippen molar-refractivity contribution < 1.29 is 9.59 Å². The first kappa shape index (κ1) is 30.5. The molecule has 8 atom stereocenters. The van der Waals surface area contributed by atoms with Crippen LogP contribution in [0.5, 0.6) is 0 Å². The zero-order valence-corrected chi connectivity index (χ0v) is 28.7. The molecule has 1 aromatic rings. The van der Waals surface area contributed by atoms with E-state index in [1.165, 1.54) is 44.1 Å². The molecule has 0 aliphatic heterocycles.